The molecule has 0 radical (unpaired) electrons. The summed E-state index contributed by atoms with van der Waals surface area (Å²) in [5.41, 5.74) is 2.52. The smallest absolute Gasteiger partial charge is 0.256 e. The van der Waals surface area contributed by atoms with Gasteiger partial charge in [0.2, 0.25) is 5.82 Å². The van der Waals surface area contributed by atoms with E-state index in [0.29, 0.717) is 11.7 Å². The van der Waals surface area contributed by atoms with Crippen molar-refractivity contribution in [2.45, 2.75) is 19.4 Å². The summed E-state index contributed by atoms with van der Waals surface area (Å²) >= 11 is 0. The molecule has 2 heterocycles. The molecular formula is C19H17N3O2. The molecule has 120 valence electrons. The lowest BCUT2D eigenvalue weighted by molar-refractivity contribution is 0.0706. The highest BCUT2D eigenvalue weighted by Crippen LogP contribution is 2.22. The van der Waals surface area contributed by atoms with E-state index in [4.69, 9.17) is 9.26 Å². The molecule has 0 saturated carbocycles. The first-order chi connectivity index (χ1) is 11.8. The summed E-state index contributed by atoms with van der Waals surface area (Å²) in [4.78, 5) is 8.57. The fourth-order valence-corrected chi connectivity index (χ4v) is 2.20. The van der Waals surface area contributed by atoms with Crippen molar-refractivity contribution in [2.75, 3.05) is 7.11 Å². The maximum atomic E-state index is 5.31. The molecule has 0 amide bonds. The number of hydrogen-bond donors (Lipinski definition) is 0. The maximum absolute atomic E-state index is 5.31. The van der Waals surface area contributed by atoms with Gasteiger partial charge in [-0.1, -0.05) is 24.1 Å². The molecular weight excluding hydrogens is 302 g/mol. The Bertz CT molecular complexity index is 842. The Morgan fingerprint density at radius 1 is 1.12 bits per heavy atom. The molecule has 5 nitrogen and oxygen atoms in total. The lowest BCUT2D eigenvalue weighted by atomic mass is 10.1. The van der Waals surface area contributed by atoms with Gasteiger partial charge in [-0.3, -0.25) is 0 Å². The molecule has 2 aromatic heterocycles. The van der Waals surface area contributed by atoms with Crippen molar-refractivity contribution in [2.24, 2.45) is 0 Å². The molecule has 1 aromatic carbocycles. The standard InChI is InChI=1S/C19H17N3O2/c1-3-17(23-2)19-21-18(22-24-19)15-10-7-14(8-11-15)9-12-16-6-4-5-13-20-16/h4-8,10-11,13,17H,3H2,1-2H3. The largest absolute Gasteiger partial charge is 0.372 e. The van der Waals surface area contributed by atoms with Gasteiger partial charge in [0.25, 0.3) is 5.89 Å². The van der Waals surface area contributed by atoms with E-state index >= 15 is 0 Å². The lowest BCUT2D eigenvalue weighted by Crippen LogP contribution is -1.99. The Labute approximate surface area is 140 Å². The molecule has 0 bridgehead atoms. The third-order valence-electron chi connectivity index (χ3n) is 3.52. The first-order valence-corrected chi connectivity index (χ1v) is 7.70. The van der Waals surface area contributed by atoms with Crippen LogP contribution in [0.3, 0.4) is 0 Å². The van der Waals surface area contributed by atoms with Crippen LogP contribution in [-0.4, -0.2) is 22.2 Å². The number of pyridine rings is 1. The number of methoxy groups -OCH3 is 1. The number of aromatic nitrogens is 3. The average Bonchev–Trinajstić information content (AvgIpc) is 3.12. The third kappa shape index (κ3) is 3.67. The zero-order valence-electron chi connectivity index (χ0n) is 13.6. The van der Waals surface area contributed by atoms with Gasteiger partial charge >= 0.3 is 0 Å². The minimum atomic E-state index is -0.172. The van der Waals surface area contributed by atoms with Crippen LogP contribution in [0.5, 0.6) is 0 Å². The van der Waals surface area contributed by atoms with Crippen LogP contribution >= 0.6 is 0 Å². The van der Waals surface area contributed by atoms with Crippen LogP contribution in [-0.2, 0) is 4.74 Å². The molecule has 0 aliphatic carbocycles. The number of ether oxygens (including phenoxy) is 1. The molecule has 0 aliphatic heterocycles. The summed E-state index contributed by atoms with van der Waals surface area (Å²) in [5, 5.41) is 4.01. The Hall–Kier alpha value is -2.97. The Balaban J connectivity index is 1.77. The monoisotopic (exact) mass is 319 g/mol. The Kier molecular flexibility index (Phi) is 4.99. The highest BCUT2D eigenvalue weighted by Gasteiger charge is 2.17. The first kappa shape index (κ1) is 15.9. The van der Waals surface area contributed by atoms with E-state index in [1.807, 2.05) is 49.4 Å². The first-order valence-electron chi connectivity index (χ1n) is 7.70. The number of rotatable bonds is 4. The lowest BCUT2D eigenvalue weighted by Gasteiger charge is -2.05. The van der Waals surface area contributed by atoms with Gasteiger partial charge in [-0.25, -0.2) is 4.98 Å². The van der Waals surface area contributed by atoms with E-state index < -0.39 is 0 Å². The molecule has 0 N–H and O–H groups in total. The van der Waals surface area contributed by atoms with Crippen molar-refractivity contribution < 1.29 is 9.26 Å². The molecule has 3 aromatic rings. The van der Waals surface area contributed by atoms with Crippen LogP contribution < -0.4 is 0 Å². The van der Waals surface area contributed by atoms with E-state index in [-0.39, 0.29) is 6.10 Å². The van der Waals surface area contributed by atoms with Crippen LogP contribution in [0.1, 0.15) is 36.6 Å². The van der Waals surface area contributed by atoms with Crippen molar-refractivity contribution in [3.63, 3.8) is 0 Å². The second kappa shape index (κ2) is 7.53. The SMILES string of the molecule is CCC(OC)c1nc(-c2ccc(C#Cc3ccccn3)cc2)no1. The van der Waals surface area contributed by atoms with Gasteiger partial charge in [-0.2, -0.15) is 4.98 Å². The topological polar surface area (TPSA) is 61.0 Å². The minimum Gasteiger partial charge on any atom is -0.372 e. The molecule has 0 spiro atoms. The highest BCUT2D eigenvalue weighted by atomic mass is 16.5. The number of hydrogen-bond acceptors (Lipinski definition) is 5. The highest BCUT2D eigenvalue weighted by molar-refractivity contribution is 5.56. The van der Waals surface area contributed by atoms with Gasteiger partial charge in [0.1, 0.15) is 11.8 Å². The fourth-order valence-electron chi connectivity index (χ4n) is 2.20. The summed E-state index contributed by atoms with van der Waals surface area (Å²) in [6.07, 6.45) is 2.33. The summed E-state index contributed by atoms with van der Waals surface area (Å²) in [7, 11) is 1.63. The predicted octanol–water partition coefficient (Wildman–Crippen LogP) is 3.63. The zero-order chi connectivity index (χ0) is 16.8. The molecule has 1 atom stereocenters. The van der Waals surface area contributed by atoms with E-state index in [1.54, 1.807) is 13.3 Å². The van der Waals surface area contributed by atoms with E-state index in [0.717, 1.165) is 23.2 Å². The molecule has 24 heavy (non-hydrogen) atoms. The molecule has 0 saturated heterocycles. The van der Waals surface area contributed by atoms with Gasteiger partial charge in [0.05, 0.1) is 0 Å². The Morgan fingerprint density at radius 2 is 1.96 bits per heavy atom. The third-order valence-corrected chi connectivity index (χ3v) is 3.52. The fraction of sp³-hybridized carbons (Fsp3) is 0.211. The van der Waals surface area contributed by atoms with Crippen molar-refractivity contribution in [3.05, 3.63) is 65.8 Å². The van der Waals surface area contributed by atoms with Crippen molar-refractivity contribution in [3.8, 4) is 23.2 Å². The summed E-state index contributed by atoms with van der Waals surface area (Å²) in [6, 6.07) is 13.4. The van der Waals surface area contributed by atoms with E-state index in [2.05, 4.69) is 27.0 Å². The van der Waals surface area contributed by atoms with Gasteiger partial charge < -0.3 is 9.26 Å². The van der Waals surface area contributed by atoms with Crippen molar-refractivity contribution >= 4 is 0 Å². The summed E-state index contributed by atoms with van der Waals surface area (Å²) in [5.74, 6) is 7.15. The van der Waals surface area contributed by atoms with E-state index in [9.17, 15) is 0 Å². The maximum Gasteiger partial charge on any atom is 0.256 e. The second-order valence-corrected chi connectivity index (χ2v) is 5.13. The van der Waals surface area contributed by atoms with Crippen LogP contribution in [0.4, 0.5) is 0 Å². The van der Waals surface area contributed by atoms with Crippen LogP contribution in [0.15, 0.2) is 53.2 Å². The quantitative estimate of drug-likeness (QED) is 0.687. The van der Waals surface area contributed by atoms with Crippen molar-refractivity contribution in [1.29, 1.82) is 0 Å². The van der Waals surface area contributed by atoms with Crippen LogP contribution in [0, 0.1) is 11.8 Å². The molecule has 5 heteroatoms. The summed E-state index contributed by atoms with van der Waals surface area (Å²) in [6.45, 7) is 2.01. The van der Waals surface area contributed by atoms with Crippen LogP contribution in [0.25, 0.3) is 11.4 Å². The molecule has 0 fully saturated rings. The normalized spacial score (nSPS) is 11.6. The number of benzene rings is 1. The predicted molar refractivity (Wildman–Crippen MR) is 90.0 cm³/mol. The number of nitrogens with zero attached hydrogens (tertiary/aromatic N) is 3. The van der Waals surface area contributed by atoms with Gasteiger partial charge in [-0.05, 0) is 48.7 Å². The second-order valence-electron chi connectivity index (χ2n) is 5.13. The average molecular weight is 319 g/mol. The zero-order valence-corrected chi connectivity index (χ0v) is 13.6. The molecule has 3 rings (SSSR count). The molecule has 1 unspecified atom stereocenters. The van der Waals surface area contributed by atoms with Gasteiger partial charge in [-0.15, -0.1) is 0 Å². The minimum absolute atomic E-state index is 0.172. The van der Waals surface area contributed by atoms with Gasteiger partial charge in [0.15, 0.2) is 0 Å². The molecule has 0 aliphatic rings. The Morgan fingerprint density at radius 3 is 2.62 bits per heavy atom. The van der Waals surface area contributed by atoms with E-state index in [1.165, 1.54) is 0 Å². The van der Waals surface area contributed by atoms with Crippen molar-refractivity contribution in [1.82, 2.24) is 15.1 Å². The summed E-state index contributed by atoms with van der Waals surface area (Å²) < 4.78 is 10.6. The van der Waals surface area contributed by atoms with Crippen LogP contribution in [0.2, 0.25) is 0 Å². The van der Waals surface area contributed by atoms with Gasteiger partial charge in [0, 0.05) is 24.4 Å².